The van der Waals surface area contributed by atoms with E-state index in [0.717, 1.165) is 16.5 Å². The van der Waals surface area contributed by atoms with E-state index in [-0.39, 0.29) is 11.6 Å². The number of hydrogen-bond donors (Lipinski definition) is 0. The van der Waals surface area contributed by atoms with E-state index >= 15 is 0 Å². The summed E-state index contributed by atoms with van der Waals surface area (Å²) in [6, 6.07) is 1.00. The number of quaternary nitrogens is 1. The average Bonchev–Trinajstić information content (AvgIpc) is 2.76. The average molecular weight is 358 g/mol. The van der Waals surface area contributed by atoms with Crippen molar-refractivity contribution in [1.29, 1.82) is 0 Å². The Morgan fingerprint density at radius 2 is 2.33 bits per heavy atom. The SMILES string of the molecule is C[N+]12CCCCC1[C@]13C[C@H]2C=C(I)C1=CC(=O)O3. The van der Waals surface area contributed by atoms with E-state index in [9.17, 15) is 4.79 Å². The lowest BCUT2D eigenvalue weighted by Crippen LogP contribution is -2.59. The number of carbonyl (C=O) groups excluding carboxylic acids is 1. The number of hydrogen-bond acceptors (Lipinski definition) is 2. The smallest absolute Gasteiger partial charge is 0.332 e. The van der Waals surface area contributed by atoms with Crippen LogP contribution in [0.2, 0.25) is 0 Å². The predicted molar refractivity (Wildman–Crippen MR) is 76.1 cm³/mol. The number of carbonyl (C=O) groups is 1. The molecule has 0 aromatic carbocycles. The lowest BCUT2D eigenvalue weighted by Gasteiger charge is -2.44. The number of piperidine rings is 1. The Morgan fingerprint density at radius 3 is 3.17 bits per heavy atom. The fourth-order valence-electron chi connectivity index (χ4n) is 4.66. The largest absolute Gasteiger partial charge is 0.444 e. The molecule has 4 aliphatic rings. The Kier molecular flexibility index (Phi) is 2.16. The maximum Gasteiger partial charge on any atom is 0.332 e. The third kappa shape index (κ3) is 1.17. The molecule has 0 N–H and O–H groups in total. The molecule has 2 bridgehead atoms. The van der Waals surface area contributed by atoms with Gasteiger partial charge in [-0.2, -0.15) is 0 Å². The summed E-state index contributed by atoms with van der Waals surface area (Å²) in [4.78, 5) is 11.8. The fourth-order valence-corrected chi connectivity index (χ4v) is 5.69. The Labute approximate surface area is 121 Å². The van der Waals surface area contributed by atoms with Crippen molar-refractivity contribution >= 4 is 28.6 Å². The molecule has 3 aliphatic heterocycles. The maximum absolute atomic E-state index is 11.8. The zero-order chi connectivity index (χ0) is 12.5. The van der Waals surface area contributed by atoms with Crippen LogP contribution in [0.3, 0.4) is 0 Å². The summed E-state index contributed by atoms with van der Waals surface area (Å²) in [6.45, 7) is 1.22. The van der Waals surface area contributed by atoms with Crippen LogP contribution in [0.5, 0.6) is 0 Å². The minimum absolute atomic E-state index is 0.132. The zero-order valence-electron chi connectivity index (χ0n) is 10.5. The minimum atomic E-state index is -0.289. The predicted octanol–water partition coefficient (Wildman–Crippen LogP) is 2.31. The van der Waals surface area contributed by atoms with E-state index in [1.165, 1.54) is 29.4 Å². The van der Waals surface area contributed by atoms with E-state index in [1.807, 2.05) is 0 Å². The van der Waals surface area contributed by atoms with Gasteiger partial charge in [0.05, 0.1) is 20.0 Å². The highest BCUT2D eigenvalue weighted by Gasteiger charge is 2.68. The second-order valence-corrected chi connectivity index (χ2v) is 7.40. The van der Waals surface area contributed by atoms with E-state index < -0.39 is 0 Å². The normalized spacial score (nSPS) is 49.1. The highest BCUT2D eigenvalue weighted by molar-refractivity contribution is 14.1. The molecule has 0 radical (unpaired) electrons. The zero-order valence-corrected chi connectivity index (χ0v) is 12.6. The van der Waals surface area contributed by atoms with Crippen molar-refractivity contribution in [2.24, 2.45) is 0 Å². The maximum atomic E-state index is 11.8. The van der Waals surface area contributed by atoms with E-state index in [4.69, 9.17) is 4.74 Å². The second-order valence-electron chi connectivity index (χ2n) is 6.24. The number of esters is 1. The highest BCUT2D eigenvalue weighted by atomic mass is 127. The second kappa shape index (κ2) is 3.39. The number of halogens is 1. The summed E-state index contributed by atoms with van der Waals surface area (Å²) >= 11 is 2.38. The third-order valence-electron chi connectivity index (χ3n) is 5.48. The Bertz CT molecular complexity index is 512. The van der Waals surface area contributed by atoms with Gasteiger partial charge in [0.15, 0.2) is 5.60 Å². The van der Waals surface area contributed by atoms with Crippen LogP contribution in [0.25, 0.3) is 0 Å². The van der Waals surface area contributed by atoms with Gasteiger partial charge in [-0.3, -0.25) is 0 Å². The number of ether oxygens (including phenoxy) is 1. The minimum Gasteiger partial charge on any atom is -0.444 e. The molecule has 3 nitrogen and oxygen atoms in total. The van der Waals surface area contributed by atoms with Crippen molar-refractivity contribution in [2.45, 2.75) is 43.4 Å². The van der Waals surface area contributed by atoms with Crippen molar-refractivity contribution in [1.82, 2.24) is 0 Å². The van der Waals surface area contributed by atoms with E-state index in [1.54, 1.807) is 6.08 Å². The lowest BCUT2D eigenvalue weighted by molar-refractivity contribution is -0.944. The summed E-state index contributed by atoms with van der Waals surface area (Å²) in [5, 5.41) is 0. The first-order valence-electron chi connectivity index (χ1n) is 6.74. The van der Waals surface area contributed by atoms with Gasteiger partial charge >= 0.3 is 5.97 Å². The van der Waals surface area contributed by atoms with E-state index in [0.29, 0.717) is 12.1 Å². The molecule has 4 atom stereocenters. The summed E-state index contributed by atoms with van der Waals surface area (Å²) in [7, 11) is 2.36. The van der Waals surface area contributed by atoms with Crippen LogP contribution in [0.1, 0.15) is 25.7 Å². The molecule has 18 heavy (non-hydrogen) atoms. The van der Waals surface area contributed by atoms with Crippen molar-refractivity contribution in [2.75, 3.05) is 13.6 Å². The van der Waals surface area contributed by atoms with Gasteiger partial charge in [0, 0.05) is 21.6 Å². The first-order valence-corrected chi connectivity index (χ1v) is 7.82. The molecule has 0 saturated carbocycles. The topological polar surface area (TPSA) is 26.3 Å². The van der Waals surface area contributed by atoms with Gasteiger partial charge in [-0.05, 0) is 41.5 Å². The Morgan fingerprint density at radius 1 is 1.50 bits per heavy atom. The molecule has 4 rings (SSSR count). The molecular weight excluding hydrogens is 341 g/mol. The number of rotatable bonds is 0. The number of fused-ring (bicyclic) bond motifs is 3. The van der Waals surface area contributed by atoms with Crippen molar-refractivity contribution in [3.8, 4) is 0 Å². The molecule has 1 spiro atoms. The summed E-state index contributed by atoms with van der Waals surface area (Å²) < 4.78 is 8.18. The van der Waals surface area contributed by atoms with Crippen LogP contribution in [-0.4, -0.2) is 41.7 Å². The molecule has 2 fully saturated rings. The summed E-state index contributed by atoms with van der Waals surface area (Å²) in [5.74, 6) is -0.132. The summed E-state index contributed by atoms with van der Waals surface area (Å²) in [6.07, 6.45) is 8.87. The van der Waals surface area contributed by atoms with Gasteiger partial charge in [-0.25, -0.2) is 4.79 Å². The van der Waals surface area contributed by atoms with Crippen molar-refractivity contribution < 1.29 is 14.0 Å². The number of nitrogens with zero attached hydrogens (tertiary/aromatic N) is 1. The number of likely N-dealkylation sites (N-methyl/N-ethyl adjacent to an activating group) is 1. The van der Waals surface area contributed by atoms with Crippen LogP contribution in [0, 0.1) is 0 Å². The highest BCUT2D eigenvalue weighted by Crippen LogP contribution is 2.57. The van der Waals surface area contributed by atoms with Crippen LogP contribution in [0.15, 0.2) is 21.3 Å². The first kappa shape index (κ1) is 11.5. The quantitative estimate of drug-likeness (QED) is 0.377. The lowest BCUT2D eigenvalue weighted by atomic mass is 9.80. The van der Waals surface area contributed by atoms with Gasteiger partial charge in [-0.15, -0.1) is 0 Å². The molecule has 0 amide bonds. The molecule has 96 valence electrons. The van der Waals surface area contributed by atoms with Gasteiger partial charge in [0.2, 0.25) is 0 Å². The Balaban J connectivity index is 1.92. The third-order valence-corrected chi connectivity index (χ3v) is 6.43. The van der Waals surface area contributed by atoms with Crippen LogP contribution in [0.4, 0.5) is 0 Å². The van der Waals surface area contributed by atoms with Crippen molar-refractivity contribution in [3.63, 3.8) is 0 Å². The van der Waals surface area contributed by atoms with Crippen LogP contribution >= 0.6 is 22.6 Å². The molecule has 1 aliphatic carbocycles. The first-order chi connectivity index (χ1) is 8.56. The van der Waals surface area contributed by atoms with Gasteiger partial charge in [0.25, 0.3) is 0 Å². The fraction of sp³-hybridized carbons (Fsp3) is 0.643. The van der Waals surface area contributed by atoms with Gasteiger partial charge in [0.1, 0.15) is 12.1 Å². The van der Waals surface area contributed by atoms with Gasteiger partial charge < -0.3 is 9.22 Å². The molecule has 3 heterocycles. The Hall–Kier alpha value is -0.360. The molecule has 0 aromatic rings. The van der Waals surface area contributed by atoms with E-state index in [2.05, 4.69) is 35.7 Å². The standard InChI is InChI=1S/C14H17INO2/c1-16-5-3-2-4-12(16)14-8-9(16)6-11(15)10(14)7-13(17)18-14/h6-7,9,12H,2-5,8H2,1H3/q+1/t9-,12?,14+,16?/m1/s1. The van der Waals surface area contributed by atoms with Crippen LogP contribution < -0.4 is 0 Å². The molecule has 2 saturated heterocycles. The summed E-state index contributed by atoms with van der Waals surface area (Å²) in [5.41, 5.74) is 0.875. The molecule has 4 heteroatoms. The van der Waals surface area contributed by atoms with Crippen LogP contribution in [-0.2, 0) is 9.53 Å². The van der Waals surface area contributed by atoms with Crippen molar-refractivity contribution in [3.05, 3.63) is 21.3 Å². The monoisotopic (exact) mass is 358 g/mol. The van der Waals surface area contributed by atoms with Gasteiger partial charge in [-0.1, -0.05) is 0 Å². The molecule has 2 unspecified atom stereocenters. The molecule has 0 aromatic heterocycles. The molecular formula is C14H17INO2+.